The predicted octanol–water partition coefficient (Wildman–Crippen LogP) is 0.354. The number of rotatable bonds is 5. The molecular formula is C11H14O6. The summed E-state index contributed by atoms with van der Waals surface area (Å²) in [7, 11) is 0. The molecule has 17 heavy (non-hydrogen) atoms. The van der Waals surface area contributed by atoms with E-state index in [1.54, 1.807) is 0 Å². The van der Waals surface area contributed by atoms with Crippen LogP contribution in [0.25, 0.3) is 0 Å². The second-order valence-electron chi connectivity index (χ2n) is 3.60. The van der Waals surface area contributed by atoms with Crippen molar-refractivity contribution in [2.75, 3.05) is 13.2 Å². The topological polar surface area (TPSA) is 78.9 Å². The maximum atomic E-state index is 11.3. The van der Waals surface area contributed by atoms with Crippen LogP contribution in [0.3, 0.4) is 0 Å². The van der Waals surface area contributed by atoms with Crippen molar-refractivity contribution < 1.29 is 28.6 Å². The lowest BCUT2D eigenvalue weighted by atomic mass is 10.3. The molecule has 6 nitrogen and oxygen atoms in total. The minimum absolute atomic E-state index is 0.0910. The number of carbonyl (C=O) groups excluding carboxylic acids is 3. The summed E-state index contributed by atoms with van der Waals surface area (Å²) in [5.74, 6) is -1.68. The Bertz CT molecular complexity index is 346. The molecule has 1 aliphatic rings. The lowest BCUT2D eigenvalue weighted by Gasteiger charge is -2.08. The van der Waals surface area contributed by atoms with Gasteiger partial charge in [0.15, 0.2) is 0 Å². The van der Waals surface area contributed by atoms with Crippen molar-refractivity contribution >= 4 is 17.9 Å². The van der Waals surface area contributed by atoms with Gasteiger partial charge in [0.2, 0.25) is 6.10 Å². The molecule has 0 saturated carbocycles. The molecule has 0 aliphatic carbocycles. The van der Waals surface area contributed by atoms with Gasteiger partial charge in [0.1, 0.15) is 6.61 Å². The smallest absolute Gasteiger partial charge is 0.347 e. The third-order valence-electron chi connectivity index (χ3n) is 2.05. The second kappa shape index (κ2) is 6.03. The lowest BCUT2D eigenvalue weighted by Crippen LogP contribution is -2.23. The summed E-state index contributed by atoms with van der Waals surface area (Å²) < 4.78 is 14.2. The van der Waals surface area contributed by atoms with E-state index < -0.39 is 24.0 Å². The van der Waals surface area contributed by atoms with Crippen LogP contribution < -0.4 is 0 Å². The van der Waals surface area contributed by atoms with Crippen molar-refractivity contribution in [1.82, 2.24) is 0 Å². The van der Waals surface area contributed by atoms with E-state index >= 15 is 0 Å². The molecule has 1 aliphatic heterocycles. The van der Waals surface area contributed by atoms with Gasteiger partial charge in [0.05, 0.1) is 13.0 Å². The molecule has 1 fully saturated rings. The summed E-state index contributed by atoms with van der Waals surface area (Å²) in [6.45, 7) is 5.08. The molecule has 1 saturated heterocycles. The van der Waals surface area contributed by atoms with E-state index in [9.17, 15) is 14.4 Å². The average molecular weight is 242 g/mol. The Morgan fingerprint density at radius 2 is 2.24 bits per heavy atom. The molecule has 1 unspecified atom stereocenters. The highest BCUT2D eigenvalue weighted by Gasteiger charge is 2.29. The van der Waals surface area contributed by atoms with Crippen LogP contribution >= 0.6 is 0 Å². The van der Waals surface area contributed by atoms with E-state index in [2.05, 4.69) is 11.3 Å². The van der Waals surface area contributed by atoms with Gasteiger partial charge in [0, 0.05) is 12.0 Å². The Kier molecular flexibility index (Phi) is 4.68. The zero-order valence-corrected chi connectivity index (χ0v) is 9.56. The van der Waals surface area contributed by atoms with Gasteiger partial charge in [-0.3, -0.25) is 4.79 Å². The van der Waals surface area contributed by atoms with E-state index in [0.29, 0.717) is 6.42 Å². The third-order valence-corrected chi connectivity index (χ3v) is 2.05. The van der Waals surface area contributed by atoms with Gasteiger partial charge in [-0.25, -0.2) is 9.59 Å². The third kappa shape index (κ3) is 4.26. The average Bonchev–Trinajstić information content (AvgIpc) is 2.64. The first kappa shape index (κ1) is 13.2. The van der Waals surface area contributed by atoms with Crippen molar-refractivity contribution in [3.63, 3.8) is 0 Å². The Hall–Kier alpha value is -1.85. The summed E-state index contributed by atoms with van der Waals surface area (Å²) in [6, 6.07) is 0. The Morgan fingerprint density at radius 1 is 1.53 bits per heavy atom. The fourth-order valence-corrected chi connectivity index (χ4v) is 1.15. The number of esters is 3. The summed E-state index contributed by atoms with van der Waals surface area (Å²) in [6.07, 6.45) is -0.543. The molecule has 1 atom stereocenters. The van der Waals surface area contributed by atoms with E-state index in [4.69, 9.17) is 9.47 Å². The summed E-state index contributed by atoms with van der Waals surface area (Å²) in [5.41, 5.74) is 0.262. The zero-order chi connectivity index (χ0) is 12.8. The maximum absolute atomic E-state index is 11.3. The monoisotopic (exact) mass is 242 g/mol. The lowest BCUT2D eigenvalue weighted by molar-refractivity contribution is -0.161. The van der Waals surface area contributed by atoms with Gasteiger partial charge in [-0.05, 0) is 6.92 Å². The molecule has 0 bridgehead atoms. The number of hydrogen-bond donors (Lipinski definition) is 0. The fourth-order valence-electron chi connectivity index (χ4n) is 1.15. The fraction of sp³-hybridized carbons (Fsp3) is 0.545. The van der Waals surface area contributed by atoms with E-state index in [1.807, 2.05) is 0 Å². The molecule has 0 aromatic carbocycles. The molecule has 0 aromatic rings. The summed E-state index contributed by atoms with van der Waals surface area (Å²) in [5, 5.41) is 0. The standard InChI is InChI=1S/C11H14O6/c1-7(2)10(13)15-6-4-9(12)17-8-3-5-16-11(8)14/h8H,1,3-6H2,2H3. The van der Waals surface area contributed by atoms with Crippen molar-refractivity contribution in [1.29, 1.82) is 0 Å². The normalized spacial score (nSPS) is 18.4. The van der Waals surface area contributed by atoms with Gasteiger partial charge in [-0.1, -0.05) is 6.58 Å². The van der Waals surface area contributed by atoms with Gasteiger partial charge in [-0.15, -0.1) is 0 Å². The zero-order valence-electron chi connectivity index (χ0n) is 9.56. The number of carbonyl (C=O) groups is 3. The molecule has 0 amide bonds. The van der Waals surface area contributed by atoms with Crippen LogP contribution in [0.4, 0.5) is 0 Å². The van der Waals surface area contributed by atoms with Gasteiger partial charge in [-0.2, -0.15) is 0 Å². The maximum Gasteiger partial charge on any atom is 0.347 e. The molecule has 0 spiro atoms. The van der Waals surface area contributed by atoms with Crippen molar-refractivity contribution in [3.05, 3.63) is 12.2 Å². The van der Waals surface area contributed by atoms with Crippen LogP contribution in [0.1, 0.15) is 19.8 Å². The van der Waals surface area contributed by atoms with Crippen LogP contribution in [-0.4, -0.2) is 37.2 Å². The highest BCUT2D eigenvalue weighted by atomic mass is 16.6. The van der Waals surface area contributed by atoms with Crippen LogP contribution in [0.5, 0.6) is 0 Å². The minimum Gasteiger partial charge on any atom is -0.463 e. The molecule has 0 radical (unpaired) electrons. The van der Waals surface area contributed by atoms with Crippen LogP contribution in [0, 0.1) is 0 Å². The van der Waals surface area contributed by atoms with Crippen LogP contribution in [0.15, 0.2) is 12.2 Å². The number of cyclic esters (lactones) is 1. The van der Waals surface area contributed by atoms with Crippen molar-refractivity contribution in [2.24, 2.45) is 0 Å². The van der Waals surface area contributed by atoms with E-state index in [0.717, 1.165) is 0 Å². The Morgan fingerprint density at radius 3 is 2.76 bits per heavy atom. The quantitative estimate of drug-likeness (QED) is 0.393. The van der Waals surface area contributed by atoms with Crippen LogP contribution in [-0.2, 0) is 28.6 Å². The molecule has 1 rings (SSSR count). The Balaban J connectivity index is 2.19. The first-order valence-corrected chi connectivity index (χ1v) is 5.19. The molecular weight excluding hydrogens is 228 g/mol. The van der Waals surface area contributed by atoms with Crippen molar-refractivity contribution in [2.45, 2.75) is 25.9 Å². The minimum atomic E-state index is -0.820. The molecule has 0 aromatic heterocycles. The highest BCUT2D eigenvalue weighted by Crippen LogP contribution is 2.11. The number of hydrogen-bond acceptors (Lipinski definition) is 6. The molecule has 6 heteroatoms. The first-order valence-electron chi connectivity index (χ1n) is 5.19. The van der Waals surface area contributed by atoms with Crippen molar-refractivity contribution in [3.8, 4) is 0 Å². The second-order valence-corrected chi connectivity index (χ2v) is 3.60. The highest BCUT2D eigenvalue weighted by molar-refractivity contribution is 5.87. The van der Waals surface area contributed by atoms with Gasteiger partial charge < -0.3 is 14.2 Å². The molecule has 1 heterocycles. The predicted molar refractivity (Wildman–Crippen MR) is 55.8 cm³/mol. The summed E-state index contributed by atoms with van der Waals surface area (Å²) in [4.78, 5) is 33.2. The molecule has 0 N–H and O–H groups in total. The Labute approximate surface area is 98.5 Å². The van der Waals surface area contributed by atoms with E-state index in [1.165, 1.54) is 6.92 Å². The van der Waals surface area contributed by atoms with Gasteiger partial charge in [0.25, 0.3) is 0 Å². The first-order chi connectivity index (χ1) is 8.00. The van der Waals surface area contributed by atoms with Crippen LogP contribution in [0.2, 0.25) is 0 Å². The largest absolute Gasteiger partial charge is 0.463 e. The van der Waals surface area contributed by atoms with E-state index in [-0.39, 0.29) is 25.2 Å². The molecule has 94 valence electrons. The number of ether oxygens (including phenoxy) is 3. The SMILES string of the molecule is C=C(C)C(=O)OCCC(=O)OC1CCOC1=O. The van der Waals surface area contributed by atoms with Gasteiger partial charge >= 0.3 is 17.9 Å². The summed E-state index contributed by atoms with van der Waals surface area (Å²) >= 11 is 0.